The third-order valence-electron chi connectivity index (χ3n) is 4.93. The molecule has 172 valence electrons. The summed E-state index contributed by atoms with van der Waals surface area (Å²) in [5.41, 5.74) is 0.222. The van der Waals surface area contributed by atoms with E-state index in [1.165, 1.54) is 18.2 Å². The Bertz CT molecular complexity index is 1210. The molecule has 1 aromatic heterocycles. The second-order valence-corrected chi connectivity index (χ2v) is 7.60. The van der Waals surface area contributed by atoms with Crippen LogP contribution < -0.4 is 20.4 Å². The van der Waals surface area contributed by atoms with Crippen molar-refractivity contribution in [2.75, 3.05) is 6.61 Å². The van der Waals surface area contributed by atoms with Gasteiger partial charge in [-0.25, -0.2) is 9.59 Å². The van der Waals surface area contributed by atoms with Crippen LogP contribution >= 0.6 is 0 Å². The molecule has 7 nitrogen and oxygen atoms in total. The number of amides is 1. The maximum Gasteiger partial charge on any atom is 0.349 e. The molecular weight excluding hydrogens is 422 g/mol. The SMILES string of the molecule is CCCOc1ccc(/C=C/C(=O)Oc2ccc3cc(C(=O)NC(C)CC)c(=O)oc3c2)cc1. The van der Waals surface area contributed by atoms with Gasteiger partial charge in [-0.1, -0.05) is 26.0 Å². The molecule has 1 heterocycles. The third kappa shape index (κ3) is 6.55. The second-order valence-electron chi connectivity index (χ2n) is 7.60. The lowest BCUT2D eigenvalue weighted by atomic mass is 10.1. The fraction of sp³-hybridized carbons (Fsp3) is 0.269. The van der Waals surface area contributed by atoms with Gasteiger partial charge in [-0.3, -0.25) is 4.79 Å². The van der Waals surface area contributed by atoms with Crippen molar-refractivity contribution in [2.24, 2.45) is 0 Å². The zero-order valence-corrected chi connectivity index (χ0v) is 18.9. The number of benzene rings is 2. The molecule has 0 bridgehead atoms. The summed E-state index contributed by atoms with van der Waals surface area (Å²) in [6, 6.07) is 13.4. The number of esters is 1. The Morgan fingerprint density at radius 3 is 2.48 bits per heavy atom. The highest BCUT2D eigenvalue weighted by atomic mass is 16.5. The van der Waals surface area contributed by atoms with Gasteiger partial charge in [-0.05, 0) is 61.7 Å². The standard InChI is InChI=1S/C26H27NO6/c1-4-14-31-20-10-6-18(7-11-20)8-13-24(28)32-21-12-9-19-15-22(25(29)27-17(3)5-2)26(30)33-23(19)16-21/h6-13,15-17H,4-5,14H2,1-3H3,(H,27,29)/b13-8+. The van der Waals surface area contributed by atoms with E-state index in [9.17, 15) is 14.4 Å². The molecule has 3 rings (SSSR count). The van der Waals surface area contributed by atoms with Gasteiger partial charge in [0.15, 0.2) is 0 Å². The van der Waals surface area contributed by atoms with E-state index in [2.05, 4.69) is 5.32 Å². The summed E-state index contributed by atoms with van der Waals surface area (Å²) in [7, 11) is 0. The molecule has 33 heavy (non-hydrogen) atoms. The van der Waals surface area contributed by atoms with E-state index >= 15 is 0 Å². The van der Waals surface area contributed by atoms with Crippen LogP contribution in [-0.4, -0.2) is 24.5 Å². The summed E-state index contributed by atoms with van der Waals surface area (Å²) in [4.78, 5) is 36.7. The maximum absolute atomic E-state index is 12.3. The smallest absolute Gasteiger partial charge is 0.349 e. The van der Waals surface area contributed by atoms with E-state index in [0.717, 1.165) is 24.2 Å². The van der Waals surface area contributed by atoms with Crippen molar-refractivity contribution in [3.05, 3.63) is 76.2 Å². The Labute approximate surface area is 192 Å². The first kappa shape index (κ1) is 23.8. The number of carbonyl (C=O) groups excluding carboxylic acids is 2. The van der Waals surface area contributed by atoms with E-state index < -0.39 is 17.5 Å². The second kappa shape index (κ2) is 11.1. The molecule has 0 aliphatic heterocycles. The molecule has 1 N–H and O–H groups in total. The van der Waals surface area contributed by atoms with Crippen LogP contribution in [0.2, 0.25) is 0 Å². The van der Waals surface area contributed by atoms with Crippen molar-refractivity contribution in [1.82, 2.24) is 5.32 Å². The molecule has 0 saturated carbocycles. The highest BCUT2D eigenvalue weighted by Crippen LogP contribution is 2.21. The Hall–Kier alpha value is -3.87. The average molecular weight is 450 g/mol. The Morgan fingerprint density at radius 2 is 1.79 bits per heavy atom. The molecule has 0 spiro atoms. The highest BCUT2D eigenvalue weighted by molar-refractivity contribution is 5.97. The average Bonchev–Trinajstić information content (AvgIpc) is 2.81. The number of carbonyl (C=O) groups is 2. The first-order chi connectivity index (χ1) is 15.9. The molecule has 2 aromatic carbocycles. The van der Waals surface area contributed by atoms with Crippen molar-refractivity contribution in [3.8, 4) is 11.5 Å². The molecular formula is C26H27NO6. The monoisotopic (exact) mass is 449 g/mol. The zero-order chi connectivity index (χ0) is 23.8. The Kier molecular flexibility index (Phi) is 8.02. The van der Waals surface area contributed by atoms with Crippen molar-refractivity contribution in [2.45, 2.75) is 39.7 Å². The molecule has 1 amide bonds. The van der Waals surface area contributed by atoms with E-state index in [0.29, 0.717) is 12.0 Å². The van der Waals surface area contributed by atoms with Crippen LogP contribution in [0.25, 0.3) is 17.0 Å². The predicted molar refractivity (Wildman–Crippen MR) is 127 cm³/mol. The minimum Gasteiger partial charge on any atom is -0.494 e. The zero-order valence-electron chi connectivity index (χ0n) is 18.9. The Morgan fingerprint density at radius 1 is 1.06 bits per heavy atom. The van der Waals surface area contributed by atoms with Gasteiger partial charge >= 0.3 is 11.6 Å². The summed E-state index contributed by atoms with van der Waals surface area (Å²) in [5, 5.41) is 3.29. The Balaban J connectivity index is 1.68. The lowest BCUT2D eigenvalue weighted by Gasteiger charge is -2.11. The van der Waals surface area contributed by atoms with E-state index in [1.54, 1.807) is 18.2 Å². The minimum absolute atomic E-state index is 0.0604. The minimum atomic E-state index is -0.752. The van der Waals surface area contributed by atoms with Crippen LogP contribution in [0.15, 0.2) is 63.8 Å². The number of hydrogen-bond donors (Lipinski definition) is 1. The molecule has 0 radical (unpaired) electrons. The summed E-state index contributed by atoms with van der Waals surface area (Å²) >= 11 is 0. The highest BCUT2D eigenvalue weighted by Gasteiger charge is 2.16. The quantitative estimate of drug-likeness (QED) is 0.220. The van der Waals surface area contributed by atoms with Gasteiger partial charge in [0, 0.05) is 23.6 Å². The normalized spacial score (nSPS) is 12.0. The summed E-state index contributed by atoms with van der Waals surface area (Å²) in [5.74, 6) is -0.0617. The van der Waals surface area contributed by atoms with E-state index in [1.807, 2.05) is 45.0 Å². The van der Waals surface area contributed by atoms with Gasteiger partial charge in [-0.15, -0.1) is 0 Å². The van der Waals surface area contributed by atoms with Crippen molar-refractivity contribution in [1.29, 1.82) is 0 Å². The molecule has 0 aliphatic rings. The van der Waals surface area contributed by atoms with Crippen LogP contribution in [-0.2, 0) is 4.79 Å². The van der Waals surface area contributed by atoms with Crippen molar-refractivity contribution in [3.63, 3.8) is 0 Å². The van der Waals surface area contributed by atoms with Crippen LogP contribution in [0.1, 0.15) is 49.5 Å². The van der Waals surface area contributed by atoms with Gasteiger partial charge < -0.3 is 19.2 Å². The first-order valence-corrected chi connectivity index (χ1v) is 10.9. The summed E-state index contributed by atoms with van der Waals surface area (Å²) in [6.45, 7) is 6.48. The molecule has 3 aromatic rings. The number of rotatable bonds is 9. The van der Waals surface area contributed by atoms with Crippen molar-refractivity contribution >= 4 is 28.9 Å². The molecule has 0 aliphatic carbocycles. The van der Waals surface area contributed by atoms with E-state index in [4.69, 9.17) is 13.9 Å². The topological polar surface area (TPSA) is 94.8 Å². The van der Waals surface area contributed by atoms with Crippen molar-refractivity contribution < 1.29 is 23.5 Å². The van der Waals surface area contributed by atoms with E-state index in [-0.39, 0.29) is 22.9 Å². The third-order valence-corrected chi connectivity index (χ3v) is 4.93. The number of nitrogens with one attached hydrogen (secondary N) is 1. The number of hydrogen-bond acceptors (Lipinski definition) is 6. The van der Waals surface area contributed by atoms with Gasteiger partial charge in [0.25, 0.3) is 5.91 Å². The summed E-state index contributed by atoms with van der Waals surface area (Å²) < 4.78 is 16.1. The molecule has 7 heteroatoms. The number of fused-ring (bicyclic) bond motifs is 1. The maximum atomic E-state index is 12.3. The summed E-state index contributed by atoms with van der Waals surface area (Å²) in [6.07, 6.45) is 4.62. The fourth-order valence-electron chi connectivity index (χ4n) is 2.93. The predicted octanol–water partition coefficient (Wildman–Crippen LogP) is 4.73. The van der Waals surface area contributed by atoms with Crippen LogP contribution in [0, 0.1) is 0 Å². The van der Waals surface area contributed by atoms with Crippen LogP contribution in [0.5, 0.6) is 11.5 Å². The molecule has 0 fully saturated rings. The van der Waals surface area contributed by atoms with Crippen LogP contribution in [0.3, 0.4) is 0 Å². The molecule has 1 atom stereocenters. The van der Waals surface area contributed by atoms with Crippen LogP contribution in [0.4, 0.5) is 0 Å². The lowest BCUT2D eigenvalue weighted by molar-refractivity contribution is -0.128. The van der Waals surface area contributed by atoms with Gasteiger partial charge in [0.05, 0.1) is 6.61 Å². The number of ether oxygens (including phenoxy) is 2. The van der Waals surface area contributed by atoms with Gasteiger partial charge in [-0.2, -0.15) is 0 Å². The first-order valence-electron chi connectivity index (χ1n) is 10.9. The lowest BCUT2D eigenvalue weighted by Crippen LogP contribution is -2.34. The fourth-order valence-corrected chi connectivity index (χ4v) is 2.93. The van der Waals surface area contributed by atoms with Gasteiger partial charge in [0.2, 0.25) is 0 Å². The van der Waals surface area contributed by atoms with Gasteiger partial charge in [0.1, 0.15) is 22.6 Å². The molecule has 1 unspecified atom stereocenters. The largest absolute Gasteiger partial charge is 0.494 e. The molecule has 0 saturated heterocycles.